The number of likely N-dealkylation sites (tertiary alicyclic amines) is 1. The van der Waals surface area contributed by atoms with Crippen molar-refractivity contribution in [2.75, 3.05) is 13.1 Å². The normalized spacial score (nSPS) is 30.2. The van der Waals surface area contributed by atoms with Crippen molar-refractivity contribution in [2.24, 2.45) is 0 Å². The van der Waals surface area contributed by atoms with E-state index < -0.39 is 0 Å². The van der Waals surface area contributed by atoms with E-state index in [2.05, 4.69) is 27.5 Å². The van der Waals surface area contributed by atoms with E-state index in [0.29, 0.717) is 0 Å². The Morgan fingerprint density at radius 2 is 2.41 bits per heavy atom. The van der Waals surface area contributed by atoms with E-state index in [1.165, 1.54) is 49.5 Å². The molecule has 0 radical (unpaired) electrons. The van der Waals surface area contributed by atoms with Gasteiger partial charge in [-0.1, -0.05) is 0 Å². The van der Waals surface area contributed by atoms with Gasteiger partial charge in [-0.05, 0) is 45.7 Å². The van der Waals surface area contributed by atoms with Gasteiger partial charge in [0.2, 0.25) is 0 Å². The molecule has 94 valence electrons. The minimum atomic E-state index is 0.735. The maximum absolute atomic E-state index is 4.59. The first-order chi connectivity index (χ1) is 8.33. The Morgan fingerprint density at radius 3 is 3.12 bits per heavy atom. The van der Waals surface area contributed by atoms with Gasteiger partial charge in [-0.2, -0.15) is 0 Å². The van der Waals surface area contributed by atoms with Crippen LogP contribution in [0.15, 0.2) is 5.38 Å². The Labute approximate surface area is 107 Å². The van der Waals surface area contributed by atoms with Gasteiger partial charge in [-0.15, -0.1) is 11.3 Å². The minimum Gasteiger partial charge on any atom is -0.312 e. The number of thiazole rings is 1. The molecule has 0 saturated carbocycles. The minimum absolute atomic E-state index is 0.735. The number of hydrogen-bond acceptors (Lipinski definition) is 4. The largest absolute Gasteiger partial charge is 0.312 e. The number of rotatable bonds is 3. The van der Waals surface area contributed by atoms with Gasteiger partial charge in [0.25, 0.3) is 0 Å². The number of nitrogens with zero attached hydrogens (tertiary/aromatic N) is 2. The van der Waals surface area contributed by atoms with Gasteiger partial charge in [-0.25, -0.2) is 4.98 Å². The van der Waals surface area contributed by atoms with Crippen molar-refractivity contribution < 1.29 is 0 Å². The Hall–Kier alpha value is -0.450. The van der Waals surface area contributed by atoms with Gasteiger partial charge < -0.3 is 5.32 Å². The molecule has 2 saturated heterocycles. The summed E-state index contributed by atoms with van der Waals surface area (Å²) in [5.74, 6) is 0. The molecule has 3 heterocycles. The summed E-state index contributed by atoms with van der Waals surface area (Å²) in [6.07, 6.45) is 5.43. The number of hydrogen-bond donors (Lipinski definition) is 1. The van der Waals surface area contributed by atoms with Crippen molar-refractivity contribution in [3.8, 4) is 0 Å². The van der Waals surface area contributed by atoms with Crippen LogP contribution < -0.4 is 5.32 Å². The molecule has 0 aromatic carbocycles. The summed E-state index contributed by atoms with van der Waals surface area (Å²) < 4.78 is 0. The van der Waals surface area contributed by atoms with Crippen LogP contribution in [0.2, 0.25) is 0 Å². The van der Waals surface area contributed by atoms with E-state index in [9.17, 15) is 0 Å². The first kappa shape index (κ1) is 11.6. The smallest absolute Gasteiger partial charge is 0.107 e. The van der Waals surface area contributed by atoms with Crippen LogP contribution in [-0.2, 0) is 6.54 Å². The van der Waals surface area contributed by atoms with Crippen molar-refractivity contribution in [3.05, 3.63) is 16.1 Å². The van der Waals surface area contributed by atoms with Crippen LogP contribution in [0.3, 0.4) is 0 Å². The maximum Gasteiger partial charge on any atom is 0.107 e. The van der Waals surface area contributed by atoms with Gasteiger partial charge in [0, 0.05) is 23.2 Å². The van der Waals surface area contributed by atoms with E-state index in [1.807, 2.05) is 11.3 Å². The standard InChI is InChI=1S/C13H21N3S/c1-10-9-17-13(15-10)8-16-7-3-5-12(16)11-4-2-6-14-11/h9,11-12,14H,2-8H2,1H3. The molecule has 0 aliphatic carbocycles. The zero-order chi connectivity index (χ0) is 11.7. The summed E-state index contributed by atoms with van der Waals surface area (Å²) in [4.78, 5) is 7.23. The molecule has 2 aliphatic heterocycles. The summed E-state index contributed by atoms with van der Waals surface area (Å²) in [5, 5.41) is 7.11. The maximum atomic E-state index is 4.59. The summed E-state index contributed by atoms with van der Waals surface area (Å²) in [7, 11) is 0. The van der Waals surface area contributed by atoms with Crippen molar-refractivity contribution in [1.82, 2.24) is 15.2 Å². The van der Waals surface area contributed by atoms with Crippen LogP contribution in [0.25, 0.3) is 0 Å². The lowest BCUT2D eigenvalue weighted by molar-refractivity contribution is 0.206. The molecule has 0 spiro atoms. The zero-order valence-electron chi connectivity index (χ0n) is 10.5. The van der Waals surface area contributed by atoms with Crippen molar-refractivity contribution in [2.45, 2.75) is 51.2 Å². The third kappa shape index (κ3) is 2.54. The van der Waals surface area contributed by atoms with Crippen LogP contribution in [0.4, 0.5) is 0 Å². The Balaban J connectivity index is 1.65. The summed E-state index contributed by atoms with van der Waals surface area (Å²) >= 11 is 1.81. The number of aromatic nitrogens is 1. The molecule has 2 fully saturated rings. The summed E-state index contributed by atoms with van der Waals surface area (Å²) in [6, 6.07) is 1.49. The van der Waals surface area contributed by atoms with Crippen molar-refractivity contribution in [1.29, 1.82) is 0 Å². The fourth-order valence-corrected chi connectivity index (χ4v) is 3.99. The van der Waals surface area contributed by atoms with Crippen LogP contribution in [0.1, 0.15) is 36.4 Å². The molecular formula is C13H21N3S. The van der Waals surface area contributed by atoms with Crippen LogP contribution in [0, 0.1) is 6.92 Å². The third-order valence-electron chi connectivity index (χ3n) is 3.98. The Kier molecular flexibility index (Phi) is 3.45. The van der Waals surface area contributed by atoms with Crippen LogP contribution >= 0.6 is 11.3 Å². The van der Waals surface area contributed by atoms with Crippen molar-refractivity contribution in [3.63, 3.8) is 0 Å². The fourth-order valence-electron chi connectivity index (χ4n) is 3.19. The molecule has 3 nitrogen and oxygen atoms in total. The summed E-state index contributed by atoms with van der Waals surface area (Å²) in [5.41, 5.74) is 1.17. The SMILES string of the molecule is Cc1csc(CN2CCCC2C2CCCN2)n1. The van der Waals surface area contributed by atoms with E-state index in [4.69, 9.17) is 0 Å². The fraction of sp³-hybridized carbons (Fsp3) is 0.769. The number of nitrogens with one attached hydrogen (secondary N) is 1. The molecule has 17 heavy (non-hydrogen) atoms. The number of aryl methyl sites for hydroxylation is 1. The second kappa shape index (κ2) is 5.04. The first-order valence-corrected chi connectivity index (χ1v) is 7.59. The second-order valence-electron chi connectivity index (χ2n) is 5.27. The molecule has 3 rings (SSSR count). The zero-order valence-corrected chi connectivity index (χ0v) is 11.3. The van der Waals surface area contributed by atoms with Gasteiger partial charge >= 0.3 is 0 Å². The molecule has 2 aliphatic rings. The topological polar surface area (TPSA) is 28.2 Å². The molecule has 2 atom stereocenters. The average molecular weight is 251 g/mol. The predicted octanol–water partition coefficient (Wildman–Crippen LogP) is 2.17. The highest BCUT2D eigenvalue weighted by Crippen LogP contribution is 2.27. The van der Waals surface area contributed by atoms with Gasteiger partial charge in [0.15, 0.2) is 0 Å². The van der Waals surface area contributed by atoms with Crippen LogP contribution in [0.5, 0.6) is 0 Å². The first-order valence-electron chi connectivity index (χ1n) is 6.71. The lowest BCUT2D eigenvalue weighted by atomic mass is 10.0. The molecular weight excluding hydrogens is 230 g/mol. The highest BCUT2D eigenvalue weighted by atomic mass is 32.1. The summed E-state index contributed by atoms with van der Waals surface area (Å²) in [6.45, 7) is 5.61. The van der Waals surface area contributed by atoms with E-state index >= 15 is 0 Å². The predicted molar refractivity (Wildman–Crippen MR) is 71.3 cm³/mol. The lowest BCUT2D eigenvalue weighted by Crippen LogP contribution is -2.43. The Bertz CT molecular complexity index is 370. The molecule has 4 heteroatoms. The lowest BCUT2D eigenvalue weighted by Gasteiger charge is -2.28. The molecule has 0 amide bonds. The van der Waals surface area contributed by atoms with E-state index in [0.717, 1.165) is 18.6 Å². The van der Waals surface area contributed by atoms with Gasteiger partial charge in [0.1, 0.15) is 5.01 Å². The molecule has 0 bridgehead atoms. The van der Waals surface area contributed by atoms with Crippen molar-refractivity contribution >= 4 is 11.3 Å². The average Bonchev–Trinajstić information content (AvgIpc) is 3.00. The van der Waals surface area contributed by atoms with E-state index in [-0.39, 0.29) is 0 Å². The molecule has 1 aromatic rings. The van der Waals surface area contributed by atoms with E-state index in [1.54, 1.807) is 0 Å². The Morgan fingerprint density at radius 1 is 1.47 bits per heavy atom. The molecule has 1 aromatic heterocycles. The quantitative estimate of drug-likeness (QED) is 0.892. The van der Waals surface area contributed by atoms with Gasteiger partial charge in [0.05, 0.1) is 6.54 Å². The monoisotopic (exact) mass is 251 g/mol. The molecule has 1 N–H and O–H groups in total. The second-order valence-corrected chi connectivity index (χ2v) is 6.21. The van der Waals surface area contributed by atoms with Gasteiger partial charge in [-0.3, -0.25) is 4.90 Å². The highest BCUT2D eigenvalue weighted by Gasteiger charge is 2.33. The highest BCUT2D eigenvalue weighted by molar-refractivity contribution is 7.09. The third-order valence-corrected chi connectivity index (χ3v) is 4.93. The van der Waals surface area contributed by atoms with Crippen LogP contribution in [-0.4, -0.2) is 35.1 Å². The molecule has 2 unspecified atom stereocenters.